The third-order valence-electron chi connectivity index (χ3n) is 4.42. The second-order valence-electron chi connectivity index (χ2n) is 6.84. The third kappa shape index (κ3) is 5.45. The van der Waals surface area contributed by atoms with Gasteiger partial charge in [0, 0.05) is 17.9 Å². The fourth-order valence-electron chi connectivity index (χ4n) is 2.94. The first kappa shape index (κ1) is 22.4. The highest BCUT2D eigenvalue weighted by atomic mass is 35.5. The summed E-state index contributed by atoms with van der Waals surface area (Å²) in [4.78, 5) is 12.6. The molecule has 0 radical (unpaired) electrons. The third-order valence-corrected chi connectivity index (χ3v) is 6.20. The van der Waals surface area contributed by atoms with Crippen LogP contribution in [0.4, 0.5) is 0 Å². The zero-order chi connectivity index (χ0) is 21.7. The van der Waals surface area contributed by atoms with E-state index in [9.17, 15) is 4.79 Å². The average molecular weight is 461 g/mol. The average Bonchev–Trinajstić information content (AvgIpc) is 3.12. The molecule has 1 aromatic heterocycles. The minimum Gasteiger partial charge on any atom is -0.342 e. The highest BCUT2D eigenvalue weighted by Crippen LogP contribution is 2.28. The van der Waals surface area contributed by atoms with Crippen LogP contribution in [0.2, 0.25) is 10.0 Å². The van der Waals surface area contributed by atoms with Crippen molar-refractivity contribution >= 4 is 40.9 Å². The molecule has 5 nitrogen and oxygen atoms in total. The zero-order valence-corrected chi connectivity index (χ0v) is 19.1. The number of hydrogen-bond acceptors (Lipinski definition) is 4. The van der Waals surface area contributed by atoms with Crippen LogP contribution in [0.15, 0.2) is 60.3 Å². The molecule has 1 amide bonds. The summed E-state index contributed by atoms with van der Waals surface area (Å²) in [7, 11) is 0. The Balaban J connectivity index is 1.74. The second-order valence-corrected chi connectivity index (χ2v) is 8.60. The Kier molecular flexibility index (Phi) is 7.58. The van der Waals surface area contributed by atoms with Gasteiger partial charge in [0.15, 0.2) is 11.0 Å². The normalized spacial score (nSPS) is 11.9. The van der Waals surface area contributed by atoms with E-state index in [-0.39, 0.29) is 11.9 Å². The summed E-state index contributed by atoms with van der Waals surface area (Å²) < 4.78 is 1.95. The zero-order valence-electron chi connectivity index (χ0n) is 16.7. The molecule has 1 heterocycles. The molecule has 0 saturated heterocycles. The van der Waals surface area contributed by atoms with E-state index in [2.05, 4.69) is 22.1 Å². The minimum atomic E-state index is -0.315. The van der Waals surface area contributed by atoms with Crippen LogP contribution in [0.25, 0.3) is 0 Å². The Morgan fingerprint density at radius 3 is 2.73 bits per heavy atom. The van der Waals surface area contributed by atoms with E-state index in [0.717, 1.165) is 16.3 Å². The highest BCUT2D eigenvalue weighted by molar-refractivity contribution is 7.98. The molecule has 0 aliphatic heterocycles. The number of allylic oxidation sites excluding steroid dienone is 1. The molecule has 8 heteroatoms. The van der Waals surface area contributed by atoms with Gasteiger partial charge in [0.2, 0.25) is 0 Å². The number of aromatic nitrogens is 3. The lowest BCUT2D eigenvalue weighted by atomic mass is 10.1. The van der Waals surface area contributed by atoms with Gasteiger partial charge >= 0.3 is 0 Å². The van der Waals surface area contributed by atoms with Gasteiger partial charge in [0.05, 0.1) is 16.1 Å². The Morgan fingerprint density at radius 1 is 1.23 bits per heavy atom. The maximum absolute atomic E-state index is 12.6. The van der Waals surface area contributed by atoms with Crippen LogP contribution < -0.4 is 5.32 Å². The van der Waals surface area contributed by atoms with Crippen LogP contribution in [0.5, 0.6) is 0 Å². The maximum Gasteiger partial charge on any atom is 0.251 e. The van der Waals surface area contributed by atoms with Crippen molar-refractivity contribution in [1.82, 2.24) is 20.1 Å². The van der Waals surface area contributed by atoms with Crippen molar-refractivity contribution < 1.29 is 4.79 Å². The molecule has 30 heavy (non-hydrogen) atoms. The highest BCUT2D eigenvalue weighted by Gasteiger charge is 2.20. The molecular weight excluding hydrogens is 439 g/mol. The van der Waals surface area contributed by atoms with Crippen molar-refractivity contribution in [1.29, 1.82) is 0 Å². The van der Waals surface area contributed by atoms with E-state index in [1.54, 1.807) is 18.2 Å². The summed E-state index contributed by atoms with van der Waals surface area (Å²) in [5.41, 5.74) is 2.68. The number of carbonyl (C=O) groups is 1. The molecule has 0 aliphatic carbocycles. The largest absolute Gasteiger partial charge is 0.342 e. The summed E-state index contributed by atoms with van der Waals surface area (Å²) in [6, 6.07) is 12.7. The van der Waals surface area contributed by atoms with Gasteiger partial charge in [-0.1, -0.05) is 64.8 Å². The summed E-state index contributed by atoms with van der Waals surface area (Å²) in [5, 5.41) is 13.4. The van der Waals surface area contributed by atoms with Gasteiger partial charge < -0.3 is 9.88 Å². The lowest BCUT2D eigenvalue weighted by Crippen LogP contribution is -2.28. The molecule has 156 valence electrons. The van der Waals surface area contributed by atoms with Crippen LogP contribution in [0.3, 0.4) is 0 Å². The Morgan fingerprint density at radius 2 is 2.03 bits per heavy atom. The van der Waals surface area contributed by atoms with Crippen LogP contribution in [-0.4, -0.2) is 20.7 Å². The lowest BCUT2D eigenvalue weighted by Gasteiger charge is -2.15. The molecule has 0 unspecified atom stereocenters. The minimum absolute atomic E-state index is 0.149. The van der Waals surface area contributed by atoms with Crippen molar-refractivity contribution in [2.45, 2.75) is 37.3 Å². The van der Waals surface area contributed by atoms with Gasteiger partial charge in [-0.25, -0.2) is 0 Å². The van der Waals surface area contributed by atoms with Gasteiger partial charge in [-0.3, -0.25) is 4.79 Å². The van der Waals surface area contributed by atoms with Crippen molar-refractivity contribution in [2.75, 3.05) is 0 Å². The standard InChI is InChI=1S/C22H22Cl2N4OS/c1-4-10-28-20(15(3)25-21(29)17-7-5-6-14(2)11-17)26-27-22(28)30-13-16-8-9-18(23)19(24)12-16/h4-9,11-12,15H,1,10,13H2,2-3H3,(H,25,29)/t15-/m0/s1. The SMILES string of the molecule is C=CCn1c(SCc2ccc(Cl)c(Cl)c2)nnc1[C@H](C)NC(=O)c1cccc(C)c1. The van der Waals surface area contributed by atoms with Crippen LogP contribution >= 0.6 is 35.0 Å². The molecule has 0 fully saturated rings. The molecule has 0 saturated carbocycles. The molecule has 3 rings (SSSR count). The molecule has 0 spiro atoms. The smallest absolute Gasteiger partial charge is 0.251 e. The Hall–Kier alpha value is -2.28. The fourth-order valence-corrected chi connectivity index (χ4v) is 4.15. The summed E-state index contributed by atoms with van der Waals surface area (Å²) in [6.45, 7) is 8.22. The van der Waals surface area contributed by atoms with Gasteiger partial charge in [0.1, 0.15) is 0 Å². The van der Waals surface area contributed by atoms with Gasteiger partial charge in [-0.15, -0.1) is 16.8 Å². The van der Waals surface area contributed by atoms with Crippen molar-refractivity contribution in [2.24, 2.45) is 0 Å². The number of halogens is 2. The molecular formula is C22H22Cl2N4OS. The summed E-state index contributed by atoms with van der Waals surface area (Å²) in [5.74, 6) is 1.19. The van der Waals surface area contributed by atoms with Gasteiger partial charge in [-0.2, -0.15) is 0 Å². The summed E-state index contributed by atoms with van der Waals surface area (Å²) in [6.07, 6.45) is 1.78. The molecule has 0 aliphatic rings. The monoisotopic (exact) mass is 460 g/mol. The number of nitrogens with zero attached hydrogens (tertiary/aromatic N) is 3. The number of benzene rings is 2. The number of hydrogen-bond donors (Lipinski definition) is 1. The Labute approximate surface area is 190 Å². The number of nitrogens with one attached hydrogen (secondary N) is 1. The topological polar surface area (TPSA) is 59.8 Å². The van der Waals surface area contributed by atoms with Crippen LogP contribution in [0.1, 0.15) is 40.3 Å². The first-order chi connectivity index (χ1) is 14.4. The van der Waals surface area contributed by atoms with Gasteiger partial charge in [0.25, 0.3) is 5.91 Å². The number of thioether (sulfide) groups is 1. The number of rotatable bonds is 8. The Bertz CT molecular complexity index is 1070. The van der Waals surface area contributed by atoms with Crippen molar-refractivity contribution in [3.8, 4) is 0 Å². The molecule has 1 N–H and O–H groups in total. The molecule has 0 bridgehead atoms. The first-order valence-corrected chi connectivity index (χ1v) is 11.1. The van der Waals surface area contributed by atoms with Crippen LogP contribution in [0, 0.1) is 6.92 Å². The first-order valence-electron chi connectivity index (χ1n) is 9.37. The molecule has 1 atom stereocenters. The lowest BCUT2D eigenvalue weighted by molar-refractivity contribution is 0.0937. The number of amides is 1. The van der Waals surface area contributed by atoms with E-state index in [1.807, 2.05) is 48.7 Å². The van der Waals surface area contributed by atoms with Gasteiger partial charge in [-0.05, 0) is 43.7 Å². The van der Waals surface area contributed by atoms with E-state index in [4.69, 9.17) is 23.2 Å². The van der Waals surface area contributed by atoms with E-state index >= 15 is 0 Å². The van der Waals surface area contributed by atoms with E-state index in [0.29, 0.717) is 33.7 Å². The van der Waals surface area contributed by atoms with E-state index < -0.39 is 0 Å². The van der Waals surface area contributed by atoms with Crippen molar-refractivity contribution in [3.63, 3.8) is 0 Å². The second kappa shape index (κ2) is 10.2. The quantitative estimate of drug-likeness (QED) is 0.337. The maximum atomic E-state index is 12.6. The van der Waals surface area contributed by atoms with Crippen molar-refractivity contribution in [3.05, 3.63) is 87.7 Å². The fraction of sp³-hybridized carbons (Fsp3) is 0.227. The predicted octanol–water partition coefficient (Wildman–Crippen LogP) is 5.86. The predicted molar refractivity (Wildman–Crippen MR) is 123 cm³/mol. The number of aryl methyl sites for hydroxylation is 1. The van der Waals surface area contributed by atoms with Crippen LogP contribution in [-0.2, 0) is 12.3 Å². The summed E-state index contributed by atoms with van der Waals surface area (Å²) >= 11 is 13.6. The number of carbonyl (C=O) groups excluding carboxylic acids is 1. The molecule has 2 aromatic carbocycles. The molecule has 3 aromatic rings. The van der Waals surface area contributed by atoms with E-state index in [1.165, 1.54) is 11.8 Å².